The summed E-state index contributed by atoms with van der Waals surface area (Å²) in [5.41, 5.74) is 1.71. The predicted molar refractivity (Wildman–Crippen MR) is 148 cm³/mol. The van der Waals surface area contributed by atoms with E-state index in [1.807, 2.05) is 18.2 Å². The first-order valence-electron chi connectivity index (χ1n) is 12.7. The summed E-state index contributed by atoms with van der Waals surface area (Å²) in [5.74, 6) is 1.68. The maximum Gasteiger partial charge on any atom is 0.265 e. The zero-order chi connectivity index (χ0) is 28.4. The van der Waals surface area contributed by atoms with Gasteiger partial charge in [-0.3, -0.25) is 23.9 Å². The van der Waals surface area contributed by atoms with Crippen LogP contribution in [0.25, 0.3) is 10.9 Å². The van der Waals surface area contributed by atoms with Crippen LogP contribution >= 0.6 is 0 Å². The molecule has 0 saturated heterocycles. The van der Waals surface area contributed by atoms with Crippen molar-refractivity contribution in [2.24, 2.45) is 0 Å². The quantitative estimate of drug-likeness (QED) is 0.280. The maximum absolute atomic E-state index is 13.9. The van der Waals surface area contributed by atoms with E-state index < -0.39 is 0 Å². The summed E-state index contributed by atoms with van der Waals surface area (Å²) >= 11 is 0. The van der Waals surface area contributed by atoms with Crippen LogP contribution < -0.4 is 24.5 Å². The molecule has 0 bridgehead atoms. The number of rotatable bonds is 10. The molecule has 0 radical (unpaired) electrons. The molecular weight excluding hydrogens is 514 g/mol. The molecule has 10 heteroatoms. The summed E-state index contributed by atoms with van der Waals surface area (Å²) in [6, 6.07) is 15.7. The second kappa shape index (κ2) is 11.1. The second-order valence-corrected chi connectivity index (χ2v) is 9.18. The lowest BCUT2D eigenvalue weighted by molar-refractivity contribution is 0.0655. The van der Waals surface area contributed by atoms with Crippen molar-refractivity contribution < 1.29 is 28.5 Å². The van der Waals surface area contributed by atoms with E-state index in [0.29, 0.717) is 57.3 Å². The highest BCUT2D eigenvalue weighted by Crippen LogP contribution is 2.31. The van der Waals surface area contributed by atoms with Gasteiger partial charge < -0.3 is 18.9 Å². The molecule has 4 aromatic rings. The highest BCUT2D eigenvalue weighted by Gasteiger charge is 2.35. The summed E-state index contributed by atoms with van der Waals surface area (Å²) in [4.78, 5) is 45.9. The van der Waals surface area contributed by atoms with Crippen LogP contribution in [0.1, 0.15) is 32.1 Å². The number of hydrogen-bond donors (Lipinski definition) is 0. The Labute approximate surface area is 230 Å². The van der Waals surface area contributed by atoms with Gasteiger partial charge in [-0.1, -0.05) is 18.2 Å². The maximum atomic E-state index is 13.9. The fourth-order valence-corrected chi connectivity index (χ4v) is 5.00. The summed E-state index contributed by atoms with van der Waals surface area (Å²) in [6.07, 6.45) is 0.655. The first-order valence-corrected chi connectivity index (χ1v) is 12.7. The molecule has 2 amide bonds. The molecule has 10 nitrogen and oxygen atoms in total. The zero-order valence-electron chi connectivity index (χ0n) is 22.7. The molecule has 1 aliphatic rings. The van der Waals surface area contributed by atoms with Crippen molar-refractivity contribution in [2.45, 2.75) is 19.4 Å². The molecule has 1 aliphatic heterocycles. The van der Waals surface area contributed by atoms with Crippen LogP contribution in [0.2, 0.25) is 0 Å². The number of aromatic nitrogens is 2. The number of hydrogen-bond acceptors (Lipinski definition) is 8. The van der Waals surface area contributed by atoms with Gasteiger partial charge in [0.05, 0.1) is 39.6 Å². The van der Waals surface area contributed by atoms with Crippen molar-refractivity contribution in [3.05, 3.63) is 87.5 Å². The van der Waals surface area contributed by atoms with E-state index in [1.165, 1.54) is 19.1 Å². The number of aryl methyl sites for hydroxylation is 1. The van der Waals surface area contributed by atoms with Crippen molar-refractivity contribution in [3.63, 3.8) is 0 Å². The van der Waals surface area contributed by atoms with Gasteiger partial charge in [0.1, 0.15) is 28.2 Å². The monoisotopic (exact) mass is 543 g/mol. The normalized spacial score (nSPS) is 12.6. The molecule has 0 aliphatic carbocycles. The highest BCUT2D eigenvalue weighted by atomic mass is 16.5. The number of carbonyl (C=O) groups excluding carboxylic acids is 2. The Morgan fingerprint density at radius 2 is 1.27 bits per heavy atom. The zero-order valence-corrected chi connectivity index (χ0v) is 22.7. The van der Waals surface area contributed by atoms with E-state index >= 15 is 0 Å². The molecule has 0 spiro atoms. The number of benzene rings is 3. The summed E-state index contributed by atoms with van der Waals surface area (Å²) in [6.45, 7) is 0.349. The van der Waals surface area contributed by atoms with Crippen molar-refractivity contribution in [1.82, 2.24) is 14.5 Å². The predicted octanol–water partition coefficient (Wildman–Crippen LogP) is 3.51. The number of ether oxygens (including phenoxy) is 4. The van der Waals surface area contributed by atoms with Crippen LogP contribution in [0, 0.1) is 0 Å². The molecule has 0 saturated carbocycles. The molecule has 5 rings (SSSR count). The topological polar surface area (TPSA) is 109 Å². The molecular formula is C30H29N3O7. The Morgan fingerprint density at radius 1 is 0.675 bits per heavy atom. The smallest absolute Gasteiger partial charge is 0.265 e. The summed E-state index contributed by atoms with van der Waals surface area (Å²) in [5, 5.41) is 0.290. The van der Waals surface area contributed by atoms with Gasteiger partial charge in [-0.2, -0.15) is 0 Å². The van der Waals surface area contributed by atoms with E-state index in [4.69, 9.17) is 23.9 Å². The van der Waals surface area contributed by atoms with Crippen molar-refractivity contribution in [3.8, 4) is 23.0 Å². The van der Waals surface area contributed by atoms with Crippen LogP contribution in [0.4, 0.5) is 0 Å². The number of imide groups is 1. The third kappa shape index (κ3) is 4.61. The first kappa shape index (κ1) is 26.7. The van der Waals surface area contributed by atoms with Gasteiger partial charge in [0, 0.05) is 19.5 Å². The number of carbonyl (C=O) groups is 2. The lowest BCUT2D eigenvalue weighted by Gasteiger charge is -2.19. The minimum absolute atomic E-state index is 0.0624. The Morgan fingerprint density at radius 3 is 1.90 bits per heavy atom. The summed E-state index contributed by atoms with van der Waals surface area (Å²) < 4.78 is 23.3. The van der Waals surface area contributed by atoms with Crippen LogP contribution in [0.15, 0.2) is 59.4 Å². The molecule has 3 aromatic carbocycles. The Bertz CT molecular complexity index is 1640. The molecule has 2 heterocycles. The number of amides is 2. The third-order valence-electron chi connectivity index (χ3n) is 7.06. The van der Waals surface area contributed by atoms with Gasteiger partial charge in [-0.05, 0) is 48.4 Å². The van der Waals surface area contributed by atoms with Crippen LogP contribution in [0.3, 0.4) is 0 Å². The van der Waals surface area contributed by atoms with Gasteiger partial charge in [0.15, 0.2) is 11.5 Å². The van der Waals surface area contributed by atoms with E-state index in [2.05, 4.69) is 0 Å². The van der Waals surface area contributed by atoms with Crippen LogP contribution in [0.5, 0.6) is 23.0 Å². The average molecular weight is 544 g/mol. The molecule has 206 valence electrons. The van der Waals surface area contributed by atoms with Gasteiger partial charge in [0.25, 0.3) is 17.4 Å². The van der Waals surface area contributed by atoms with Crippen LogP contribution in [-0.4, -0.2) is 61.2 Å². The molecule has 0 N–H and O–H groups in total. The molecule has 0 unspecified atom stereocenters. The molecule has 0 atom stereocenters. The van der Waals surface area contributed by atoms with Crippen LogP contribution in [-0.2, 0) is 19.4 Å². The Balaban J connectivity index is 1.54. The lowest BCUT2D eigenvalue weighted by atomic mass is 10.1. The van der Waals surface area contributed by atoms with E-state index in [0.717, 1.165) is 5.56 Å². The largest absolute Gasteiger partial charge is 0.496 e. The molecule has 40 heavy (non-hydrogen) atoms. The number of methoxy groups -OCH3 is 4. The highest BCUT2D eigenvalue weighted by molar-refractivity contribution is 6.21. The lowest BCUT2D eigenvalue weighted by Crippen LogP contribution is -2.34. The van der Waals surface area contributed by atoms with Gasteiger partial charge in [-0.25, -0.2) is 4.98 Å². The Hall–Kier alpha value is -4.86. The van der Waals surface area contributed by atoms with Crippen molar-refractivity contribution in [2.75, 3.05) is 35.0 Å². The first-order chi connectivity index (χ1) is 19.4. The molecule has 0 fully saturated rings. The number of fused-ring (bicyclic) bond motifs is 2. The fraction of sp³-hybridized carbons (Fsp3) is 0.267. The second-order valence-electron chi connectivity index (χ2n) is 9.18. The van der Waals surface area contributed by atoms with E-state index in [-0.39, 0.29) is 36.9 Å². The van der Waals surface area contributed by atoms with E-state index in [9.17, 15) is 14.4 Å². The average Bonchev–Trinajstić information content (AvgIpc) is 3.23. The Kier molecular flexibility index (Phi) is 7.41. The molecule has 1 aromatic heterocycles. The van der Waals surface area contributed by atoms with Gasteiger partial charge >= 0.3 is 0 Å². The third-order valence-corrected chi connectivity index (χ3v) is 7.06. The fourth-order valence-electron chi connectivity index (χ4n) is 5.00. The van der Waals surface area contributed by atoms with Gasteiger partial charge in [0.2, 0.25) is 0 Å². The minimum Gasteiger partial charge on any atom is -0.496 e. The number of nitrogens with zero attached hydrogens (tertiary/aromatic N) is 3. The van der Waals surface area contributed by atoms with Crippen molar-refractivity contribution >= 4 is 22.7 Å². The van der Waals surface area contributed by atoms with E-state index in [1.54, 1.807) is 55.2 Å². The summed E-state index contributed by atoms with van der Waals surface area (Å²) in [7, 11) is 6.13. The standard InChI is InChI=1S/C30H29N3O7/c1-37-21-10-9-18(17-24(21)40-4)13-15-32-25(14-16-33-28(34)19-7-5-6-8-20(19)29(33)35)31-27-23(39-3)12-11-22(38-2)26(27)30(32)36/h5-12,17H,13-16H2,1-4H3. The SMILES string of the molecule is COc1ccc(CCn2c(CCN3C(=O)c4ccccc4C3=O)nc3c(OC)ccc(OC)c3c2=O)cc1OC. The van der Waals surface area contributed by atoms with Crippen molar-refractivity contribution in [1.29, 1.82) is 0 Å². The van der Waals surface area contributed by atoms with Gasteiger partial charge in [-0.15, -0.1) is 0 Å². The minimum atomic E-state index is -0.361.